The summed E-state index contributed by atoms with van der Waals surface area (Å²) in [7, 11) is 1.95. The van der Waals surface area contributed by atoms with E-state index < -0.39 is 0 Å². The van der Waals surface area contributed by atoms with Crippen LogP contribution in [0.15, 0.2) is 24.3 Å². The fraction of sp³-hybridized carbons (Fsp3) is 0.462. The van der Waals surface area contributed by atoms with Crippen LogP contribution in [-0.4, -0.2) is 32.6 Å². The lowest BCUT2D eigenvalue weighted by Crippen LogP contribution is -2.47. The molecule has 1 aliphatic rings. The first-order valence-electron chi connectivity index (χ1n) is 5.99. The zero-order valence-electron chi connectivity index (χ0n) is 10.4. The Morgan fingerprint density at radius 1 is 1.35 bits per heavy atom. The predicted molar refractivity (Wildman–Crippen MR) is 69.1 cm³/mol. The van der Waals surface area contributed by atoms with Crippen LogP contribution in [0.4, 0.5) is 5.69 Å². The second-order valence-corrected chi connectivity index (χ2v) is 4.37. The van der Waals surface area contributed by atoms with Crippen molar-refractivity contribution < 1.29 is 4.79 Å². The molecular weight excluding hydrogens is 214 g/mol. The molecule has 0 saturated carbocycles. The minimum Gasteiger partial charge on any atom is -0.360 e. The van der Waals surface area contributed by atoms with Gasteiger partial charge in [-0.1, -0.05) is 12.1 Å². The molecule has 1 saturated heterocycles. The van der Waals surface area contributed by atoms with E-state index in [0.717, 1.165) is 18.8 Å². The monoisotopic (exact) mass is 233 g/mol. The summed E-state index contributed by atoms with van der Waals surface area (Å²) in [6.45, 7) is 4.20. The molecular formula is C13H19N3O. The molecule has 1 aliphatic heterocycles. The molecule has 1 aromatic carbocycles. The molecule has 0 aliphatic carbocycles. The molecule has 0 bridgehead atoms. The Labute approximate surface area is 102 Å². The topological polar surface area (TPSA) is 44.4 Å². The maximum absolute atomic E-state index is 11.3. The van der Waals surface area contributed by atoms with Crippen LogP contribution in [0, 0.1) is 0 Å². The fourth-order valence-corrected chi connectivity index (χ4v) is 2.00. The van der Waals surface area contributed by atoms with Gasteiger partial charge in [-0.25, -0.2) is 0 Å². The van der Waals surface area contributed by atoms with Crippen LogP contribution in [0.25, 0.3) is 0 Å². The number of hydrogen-bond acceptors (Lipinski definition) is 3. The third-order valence-corrected chi connectivity index (χ3v) is 3.23. The highest BCUT2D eigenvalue weighted by Gasteiger charge is 2.16. The highest BCUT2D eigenvalue weighted by Crippen LogP contribution is 2.19. The van der Waals surface area contributed by atoms with Crippen molar-refractivity contribution in [2.24, 2.45) is 0 Å². The van der Waals surface area contributed by atoms with Crippen molar-refractivity contribution in [3.8, 4) is 0 Å². The maximum Gasteiger partial charge on any atom is 0.239 e. The molecule has 2 rings (SSSR count). The van der Waals surface area contributed by atoms with Gasteiger partial charge in [0.2, 0.25) is 5.91 Å². The molecule has 2 N–H and O–H groups in total. The quantitative estimate of drug-likeness (QED) is 0.815. The van der Waals surface area contributed by atoms with E-state index in [4.69, 9.17) is 0 Å². The molecule has 1 amide bonds. The molecule has 1 unspecified atom stereocenters. The van der Waals surface area contributed by atoms with Crippen molar-refractivity contribution in [1.82, 2.24) is 10.6 Å². The van der Waals surface area contributed by atoms with Gasteiger partial charge in [-0.05, 0) is 31.7 Å². The van der Waals surface area contributed by atoms with Crippen LogP contribution in [0.2, 0.25) is 0 Å². The van der Waals surface area contributed by atoms with Gasteiger partial charge in [-0.3, -0.25) is 4.79 Å². The number of carbonyl (C=O) groups is 1. The largest absolute Gasteiger partial charge is 0.360 e. The van der Waals surface area contributed by atoms with Gasteiger partial charge in [-0.2, -0.15) is 0 Å². The molecule has 92 valence electrons. The van der Waals surface area contributed by atoms with E-state index in [-0.39, 0.29) is 5.91 Å². The van der Waals surface area contributed by atoms with Gasteiger partial charge in [0.25, 0.3) is 0 Å². The minimum atomic E-state index is 0.101. The van der Waals surface area contributed by atoms with E-state index in [9.17, 15) is 4.79 Å². The number of anilines is 1. The molecule has 0 spiro atoms. The maximum atomic E-state index is 11.3. The molecule has 4 nitrogen and oxygen atoms in total. The van der Waals surface area contributed by atoms with Gasteiger partial charge >= 0.3 is 0 Å². The molecule has 0 aromatic heterocycles. The van der Waals surface area contributed by atoms with Crippen molar-refractivity contribution in [2.75, 3.05) is 31.6 Å². The molecule has 1 atom stereocenters. The first kappa shape index (κ1) is 11.9. The second-order valence-electron chi connectivity index (χ2n) is 4.37. The zero-order valence-corrected chi connectivity index (χ0v) is 10.4. The van der Waals surface area contributed by atoms with Gasteiger partial charge in [0, 0.05) is 24.8 Å². The standard InChI is InChI=1S/C13H19N3O/c1-10(14-2)11-3-5-12(6-4-11)16-8-7-15-13(17)9-16/h3-6,10,14H,7-9H2,1-2H3,(H,15,17). The summed E-state index contributed by atoms with van der Waals surface area (Å²) in [5.74, 6) is 0.101. The molecule has 1 aromatic rings. The number of benzene rings is 1. The molecule has 1 fully saturated rings. The van der Waals surface area contributed by atoms with Gasteiger partial charge < -0.3 is 15.5 Å². The lowest BCUT2D eigenvalue weighted by Gasteiger charge is -2.28. The summed E-state index contributed by atoms with van der Waals surface area (Å²) >= 11 is 0. The number of nitrogens with zero attached hydrogens (tertiary/aromatic N) is 1. The van der Waals surface area contributed by atoms with Crippen LogP contribution in [0.5, 0.6) is 0 Å². The summed E-state index contributed by atoms with van der Waals surface area (Å²) in [5, 5.41) is 6.04. The van der Waals surface area contributed by atoms with Gasteiger partial charge in [0.15, 0.2) is 0 Å². The van der Waals surface area contributed by atoms with E-state index in [1.54, 1.807) is 0 Å². The van der Waals surface area contributed by atoms with Crippen LogP contribution in [0.3, 0.4) is 0 Å². The van der Waals surface area contributed by atoms with E-state index in [1.807, 2.05) is 7.05 Å². The van der Waals surface area contributed by atoms with Gasteiger partial charge in [-0.15, -0.1) is 0 Å². The Kier molecular flexibility index (Phi) is 3.64. The van der Waals surface area contributed by atoms with Crippen molar-refractivity contribution in [3.63, 3.8) is 0 Å². The summed E-state index contributed by atoms with van der Waals surface area (Å²) in [6.07, 6.45) is 0. The second kappa shape index (κ2) is 5.19. The molecule has 0 radical (unpaired) electrons. The average Bonchev–Trinajstić information content (AvgIpc) is 2.38. The van der Waals surface area contributed by atoms with E-state index in [2.05, 4.69) is 46.7 Å². The predicted octanol–water partition coefficient (Wildman–Crippen LogP) is 0.903. The van der Waals surface area contributed by atoms with E-state index in [1.165, 1.54) is 5.56 Å². The van der Waals surface area contributed by atoms with Crippen molar-refractivity contribution in [2.45, 2.75) is 13.0 Å². The average molecular weight is 233 g/mol. The Bertz CT molecular complexity index is 388. The Balaban J connectivity index is 2.09. The Hall–Kier alpha value is -1.55. The van der Waals surface area contributed by atoms with Gasteiger partial charge in [0.1, 0.15) is 0 Å². The summed E-state index contributed by atoms with van der Waals surface area (Å²) in [4.78, 5) is 13.4. The van der Waals surface area contributed by atoms with E-state index >= 15 is 0 Å². The number of rotatable bonds is 3. The van der Waals surface area contributed by atoms with Gasteiger partial charge in [0.05, 0.1) is 6.54 Å². The normalized spacial score (nSPS) is 17.8. The van der Waals surface area contributed by atoms with Crippen molar-refractivity contribution in [3.05, 3.63) is 29.8 Å². The van der Waals surface area contributed by atoms with Crippen molar-refractivity contribution in [1.29, 1.82) is 0 Å². The SMILES string of the molecule is CNC(C)c1ccc(N2CCNC(=O)C2)cc1. The number of piperazine rings is 1. The lowest BCUT2D eigenvalue weighted by molar-refractivity contribution is -0.120. The van der Waals surface area contributed by atoms with Crippen molar-refractivity contribution >= 4 is 11.6 Å². The number of amides is 1. The fourth-order valence-electron chi connectivity index (χ4n) is 2.00. The Morgan fingerprint density at radius 3 is 2.65 bits per heavy atom. The molecule has 1 heterocycles. The van der Waals surface area contributed by atoms with Crippen LogP contribution >= 0.6 is 0 Å². The molecule has 17 heavy (non-hydrogen) atoms. The summed E-state index contributed by atoms with van der Waals surface area (Å²) in [6, 6.07) is 8.75. The highest BCUT2D eigenvalue weighted by molar-refractivity contribution is 5.82. The highest BCUT2D eigenvalue weighted by atomic mass is 16.2. The van der Waals surface area contributed by atoms with Crippen LogP contribution in [-0.2, 0) is 4.79 Å². The zero-order chi connectivity index (χ0) is 12.3. The molecule has 4 heteroatoms. The minimum absolute atomic E-state index is 0.101. The Morgan fingerprint density at radius 2 is 2.06 bits per heavy atom. The first-order chi connectivity index (χ1) is 8.20. The number of nitrogens with one attached hydrogen (secondary N) is 2. The third-order valence-electron chi connectivity index (χ3n) is 3.23. The van der Waals surface area contributed by atoms with E-state index in [0.29, 0.717) is 12.6 Å². The first-order valence-corrected chi connectivity index (χ1v) is 5.99. The van der Waals surface area contributed by atoms with Crippen LogP contribution < -0.4 is 15.5 Å². The summed E-state index contributed by atoms with van der Waals surface area (Å²) < 4.78 is 0. The smallest absolute Gasteiger partial charge is 0.239 e. The lowest BCUT2D eigenvalue weighted by atomic mass is 10.1. The number of hydrogen-bond donors (Lipinski definition) is 2. The van der Waals surface area contributed by atoms with Crippen LogP contribution in [0.1, 0.15) is 18.5 Å². The number of carbonyl (C=O) groups excluding carboxylic acids is 1. The summed E-state index contributed by atoms with van der Waals surface area (Å²) in [5.41, 5.74) is 2.38. The third kappa shape index (κ3) is 2.77.